The zero-order valence-corrected chi connectivity index (χ0v) is 43.8. The number of aromatic nitrogens is 2. The van der Waals surface area contributed by atoms with Crippen LogP contribution in [0, 0.1) is 11.8 Å². The molecule has 0 aliphatic heterocycles. The standard InChI is InChI=1S/C27H38N4O10.C23H32N4O8/c1-5-17(3)24(27(39)40-4)30-21(33)16-31-15-9-11-19(26(31)38)29-25(37)18(28-20(32)13-14-22(34)35)10-7-8-12-23(36)41-6-2;1-5-14(2)20(23(34)35-4)26-18(29)13-27-12-8-10-17(22(27)33)25-21(32)16(24-15(3)28)9-6-7-11-19(30)31/h8-9,11-12,15,17-18,24H,5-7,10,13-14,16H2,1-4H3,(H,28,32)(H,29,37)(H,30,33)(H,34,35);7-8,10-12,14,16,20H,5-6,9,13H2,1-4H3,(H,24,28)(H,25,32)(H,26,29)(H,30,31)/t17-,18+,24+;14-,16?,20+/m11/s1. The minimum Gasteiger partial charge on any atom is -0.481 e. The van der Waals surface area contributed by atoms with E-state index >= 15 is 0 Å². The number of ether oxygens (including phenoxy) is 3. The number of amides is 6. The van der Waals surface area contributed by atoms with Crippen LogP contribution in [0.25, 0.3) is 0 Å². The number of aliphatic carboxylic acids is 2. The van der Waals surface area contributed by atoms with E-state index in [1.165, 1.54) is 76.0 Å². The molecule has 0 aliphatic rings. The minimum atomic E-state index is -1.19. The van der Waals surface area contributed by atoms with Crippen molar-refractivity contribution in [2.45, 2.75) is 130 Å². The van der Waals surface area contributed by atoms with E-state index in [2.05, 4.69) is 31.9 Å². The van der Waals surface area contributed by atoms with Crippen molar-refractivity contribution in [1.29, 1.82) is 0 Å². The molecule has 0 bridgehead atoms. The summed E-state index contributed by atoms with van der Waals surface area (Å²) < 4.78 is 16.4. The summed E-state index contributed by atoms with van der Waals surface area (Å²) in [4.78, 5) is 157. The molecule has 2 aromatic rings. The molecule has 76 heavy (non-hydrogen) atoms. The highest BCUT2D eigenvalue weighted by molar-refractivity contribution is 5.98. The monoisotopic (exact) mass is 1070 g/mol. The molecule has 26 heteroatoms. The Morgan fingerprint density at radius 3 is 1.43 bits per heavy atom. The number of rotatable bonds is 30. The van der Waals surface area contributed by atoms with Crippen molar-refractivity contribution in [1.82, 2.24) is 30.4 Å². The number of methoxy groups -OCH3 is 2. The van der Waals surface area contributed by atoms with Crippen LogP contribution in [0.3, 0.4) is 0 Å². The average Bonchev–Trinajstić information content (AvgIpc) is 3.37. The Balaban J connectivity index is 0.000000770. The lowest BCUT2D eigenvalue weighted by atomic mass is 9.99. The first kappa shape index (κ1) is 65.6. The van der Waals surface area contributed by atoms with Gasteiger partial charge in [0.05, 0.1) is 27.2 Å². The summed E-state index contributed by atoms with van der Waals surface area (Å²) in [5.41, 5.74) is -1.68. The number of carbonyl (C=O) groups is 11. The van der Waals surface area contributed by atoms with Crippen molar-refractivity contribution in [2.24, 2.45) is 11.8 Å². The summed E-state index contributed by atoms with van der Waals surface area (Å²) in [5.74, 6) is -8.33. The fourth-order valence-corrected chi connectivity index (χ4v) is 6.64. The van der Waals surface area contributed by atoms with Crippen LogP contribution in [0.15, 0.2) is 70.6 Å². The third-order valence-corrected chi connectivity index (χ3v) is 11.1. The number of nitrogens with one attached hydrogen (secondary N) is 6. The van der Waals surface area contributed by atoms with Gasteiger partial charge >= 0.3 is 29.8 Å². The first-order valence-corrected chi connectivity index (χ1v) is 24.2. The fourth-order valence-electron chi connectivity index (χ4n) is 6.64. The summed E-state index contributed by atoms with van der Waals surface area (Å²) in [6.45, 7) is 9.48. The largest absolute Gasteiger partial charge is 0.481 e. The number of hydrogen-bond donors (Lipinski definition) is 8. The summed E-state index contributed by atoms with van der Waals surface area (Å²) in [7, 11) is 2.43. The normalized spacial score (nSPS) is 13.2. The van der Waals surface area contributed by atoms with Gasteiger partial charge in [-0.25, -0.2) is 19.2 Å². The number of carboxylic acid groups (broad SMARTS) is 2. The summed E-state index contributed by atoms with van der Waals surface area (Å²) in [5, 5.41) is 32.4. The van der Waals surface area contributed by atoms with Crippen LogP contribution < -0.4 is 43.0 Å². The maximum atomic E-state index is 13.0. The Kier molecular flexibility index (Phi) is 30.1. The second-order valence-electron chi connectivity index (χ2n) is 16.9. The van der Waals surface area contributed by atoms with Gasteiger partial charge < -0.3 is 65.5 Å². The second kappa shape index (κ2) is 34.9. The van der Waals surface area contributed by atoms with Crippen LogP contribution in [0.5, 0.6) is 0 Å². The summed E-state index contributed by atoms with van der Waals surface area (Å²) >= 11 is 0. The Bertz CT molecular complexity index is 2540. The van der Waals surface area contributed by atoms with Gasteiger partial charge in [0.2, 0.25) is 35.4 Å². The molecule has 6 atom stereocenters. The van der Waals surface area contributed by atoms with E-state index in [9.17, 15) is 62.3 Å². The van der Waals surface area contributed by atoms with Gasteiger partial charge in [-0.2, -0.15) is 0 Å². The van der Waals surface area contributed by atoms with E-state index < -0.39 is 120 Å². The smallest absolute Gasteiger partial charge is 0.330 e. The molecule has 0 radical (unpaired) electrons. The first-order valence-electron chi connectivity index (χ1n) is 24.2. The van der Waals surface area contributed by atoms with Gasteiger partial charge in [0.1, 0.15) is 48.6 Å². The molecule has 6 amide bonds. The van der Waals surface area contributed by atoms with Crippen molar-refractivity contribution >= 4 is 76.7 Å². The number of carbonyl (C=O) groups excluding carboxylic acids is 9. The second-order valence-corrected chi connectivity index (χ2v) is 16.9. The average molecular weight is 1070 g/mol. The van der Waals surface area contributed by atoms with Crippen LogP contribution in [0.4, 0.5) is 11.4 Å². The zero-order valence-electron chi connectivity index (χ0n) is 43.8. The quantitative estimate of drug-likeness (QED) is 0.0309. The van der Waals surface area contributed by atoms with Gasteiger partial charge in [-0.05, 0) is 68.7 Å². The van der Waals surface area contributed by atoms with Gasteiger partial charge in [-0.3, -0.25) is 43.2 Å². The van der Waals surface area contributed by atoms with E-state index in [0.717, 1.165) is 15.2 Å². The molecule has 2 rings (SSSR count). The van der Waals surface area contributed by atoms with Crippen LogP contribution in [-0.2, 0) is 80.0 Å². The van der Waals surface area contributed by atoms with Crippen molar-refractivity contribution < 1.29 is 77.2 Å². The number of esters is 3. The van der Waals surface area contributed by atoms with Gasteiger partial charge in [0.15, 0.2) is 0 Å². The number of allylic oxidation sites excluding steroid dienone is 2. The van der Waals surface area contributed by atoms with Crippen LogP contribution in [-0.4, -0.2) is 130 Å². The predicted octanol–water partition coefficient (Wildman–Crippen LogP) is 1.16. The Morgan fingerprint density at radius 2 is 1.05 bits per heavy atom. The molecule has 0 spiro atoms. The number of nitrogens with zero attached hydrogens (tertiary/aromatic N) is 2. The van der Waals surface area contributed by atoms with Crippen molar-refractivity contribution in [3.05, 3.63) is 81.7 Å². The molecule has 8 N–H and O–H groups in total. The van der Waals surface area contributed by atoms with E-state index in [0.29, 0.717) is 12.8 Å². The molecule has 1 unspecified atom stereocenters. The van der Waals surface area contributed by atoms with Gasteiger partial charge in [0, 0.05) is 37.9 Å². The highest BCUT2D eigenvalue weighted by atomic mass is 16.5. The van der Waals surface area contributed by atoms with Crippen molar-refractivity contribution in [2.75, 3.05) is 31.5 Å². The summed E-state index contributed by atoms with van der Waals surface area (Å²) in [6.07, 6.45) is 8.48. The topological polar surface area (TPSA) is 372 Å². The molecule has 2 heterocycles. The minimum absolute atomic E-state index is 0.0223. The third kappa shape index (κ3) is 24.5. The maximum Gasteiger partial charge on any atom is 0.330 e. The van der Waals surface area contributed by atoms with Crippen LogP contribution in [0.1, 0.15) is 92.9 Å². The lowest BCUT2D eigenvalue weighted by molar-refractivity contribution is -0.147. The summed E-state index contributed by atoms with van der Waals surface area (Å²) in [6, 6.07) is 1.59. The van der Waals surface area contributed by atoms with Crippen LogP contribution in [0.2, 0.25) is 0 Å². The van der Waals surface area contributed by atoms with Gasteiger partial charge in [-0.15, -0.1) is 0 Å². The third-order valence-electron chi connectivity index (χ3n) is 11.1. The van der Waals surface area contributed by atoms with Crippen molar-refractivity contribution in [3.63, 3.8) is 0 Å². The number of pyridine rings is 2. The molecular weight excluding hydrogens is 1000 g/mol. The Labute approximate surface area is 438 Å². The van der Waals surface area contributed by atoms with Crippen molar-refractivity contribution in [3.8, 4) is 0 Å². The maximum absolute atomic E-state index is 13.0. The molecule has 0 aliphatic carbocycles. The van der Waals surface area contributed by atoms with E-state index in [-0.39, 0.29) is 61.9 Å². The molecule has 0 saturated carbocycles. The van der Waals surface area contributed by atoms with E-state index in [1.54, 1.807) is 20.8 Å². The molecule has 0 aromatic carbocycles. The van der Waals surface area contributed by atoms with E-state index in [1.807, 2.05) is 13.8 Å². The zero-order chi connectivity index (χ0) is 57.5. The highest BCUT2D eigenvalue weighted by Crippen LogP contribution is 2.12. The van der Waals surface area contributed by atoms with Gasteiger partial charge in [-0.1, -0.05) is 52.7 Å². The Morgan fingerprint density at radius 1 is 0.618 bits per heavy atom. The Hall–Kier alpha value is -8.45. The number of hydrogen-bond acceptors (Lipinski definition) is 16. The lowest BCUT2D eigenvalue weighted by Gasteiger charge is -2.22. The molecule has 2 aromatic heterocycles. The SMILES string of the molecule is CCOC(=O)C=CCC[C@H](NC(=O)CCC(=O)O)C(=O)Nc1cccn(CC(=O)N[C@H](C(=O)OC)[C@H](C)CC)c1=O.CC[C@@H](C)[C@H](NC(=O)Cn1cccc(NC(=O)C(CCC=CC(=O)O)NC(C)=O)c1=O)C(=O)OC. The molecule has 0 saturated heterocycles. The predicted molar refractivity (Wildman–Crippen MR) is 273 cm³/mol. The lowest BCUT2D eigenvalue weighted by Crippen LogP contribution is -2.47. The van der Waals surface area contributed by atoms with Gasteiger partial charge in [0.25, 0.3) is 11.1 Å². The number of anilines is 2. The highest BCUT2D eigenvalue weighted by Gasteiger charge is 2.29. The first-order chi connectivity index (χ1) is 35.9. The number of carboxylic acids is 2. The van der Waals surface area contributed by atoms with E-state index in [4.69, 9.17) is 24.4 Å². The van der Waals surface area contributed by atoms with Crippen LogP contribution >= 0.6 is 0 Å². The molecule has 0 fully saturated rings. The molecular formula is C50H70N8O18. The molecule has 26 nitrogen and oxygen atoms in total. The molecule has 418 valence electrons. The fraction of sp³-hybridized carbons (Fsp3) is 0.500.